The molecule has 3 aromatic rings. The summed E-state index contributed by atoms with van der Waals surface area (Å²) in [5.41, 5.74) is 1.03. The summed E-state index contributed by atoms with van der Waals surface area (Å²) in [4.78, 5) is 15.7. The van der Waals surface area contributed by atoms with E-state index in [1.807, 2.05) is 0 Å². The number of rotatable bonds is 5. The van der Waals surface area contributed by atoms with Gasteiger partial charge in [0.05, 0.1) is 5.02 Å². The van der Waals surface area contributed by atoms with Crippen LogP contribution in [0.2, 0.25) is 5.02 Å². The Labute approximate surface area is 136 Å². The van der Waals surface area contributed by atoms with Gasteiger partial charge in [0.1, 0.15) is 11.3 Å². The first-order chi connectivity index (χ1) is 11.0. The van der Waals surface area contributed by atoms with Crippen LogP contribution in [-0.2, 0) is 4.79 Å². The van der Waals surface area contributed by atoms with E-state index in [2.05, 4.69) is 4.98 Å². The SMILES string of the molecule is CC(Oc1nc2ccccc2o1)(Oc1ccccc1Cl)C(=O)O. The first kappa shape index (κ1) is 15.2. The van der Waals surface area contributed by atoms with Crippen LogP contribution in [-0.4, -0.2) is 21.8 Å². The van der Waals surface area contributed by atoms with Gasteiger partial charge in [-0.3, -0.25) is 0 Å². The molecule has 7 heteroatoms. The van der Waals surface area contributed by atoms with E-state index in [1.165, 1.54) is 6.92 Å². The van der Waals surface area contributed by atoms with Crippen molar-refractivity contribution in [2.75, 3.05) is 0 Å². The number of hydrogen-bond donors (Lipinski definition) is 1. The summed E-state index contributed by atoms with van der Waals surface area (Å²) in [7, 11) is 0. The van der Waals surface area contributed by atoms with Crippen LogP contribution in [0.4, 0.5) is 0 Å². The van der Waals surface area contributed by atoms with Crippen molar-refractivity contribution in [3.05, 3.63) is 53.6 Å². The summed E-state index contributed by atoms with van der Waals surface area (Å²) < 4.78 is 16.2. The van der Waals surface area contributed by atoms with Crippen LogP contribution < -0.4 is 9.47 Å². The summed E-state index contributed by atoms with van der Waals surface area (Å²) in [5, 5.41) is 9.72. The van der Waals surface area contributed by atoms with E-state index in [9.17, 15) is 9.90 Å². The van der Waals surface area contributed by atoms with Gasteiger partial charge >= 0.3 is 17.8 Å². The van der Waals surface area contributed by atoms with Crippen LogP contribution in [0.1, 0.15) is 6.92 Å². The highest BCUT2D eigenvalue weighted by Gasteiger charge is 2.41. The molecule has 0 aliphatic rings. The molecule has 0 saturated carbocycles. The maximum atomic E-state index is 11.6. The first-order valence-electron chi connectivity index (χ1n) is 6.69. The van der Waals surface area contributed by atoms with E-state index in [0.29, 0.717) is 11.1 Å². The molecule has 1 heterocycles. The Kier molecular flexibility index (Phi) is 3.83. The fourth-order valence-corrected chi connectivity index (χ4v) is 2.08. The van der Waals surface area contributed by atoms with Crippen molar-refractivity contribution in [2.45, 2.75) is 12.7 Å². The molecule has 2 aromatic carbocycles. The number of nitrogens with zero attached hydrogens (tertiary/aromatic N) is 1. The molecule has 0 bridgehead atoms. The minimum atomic E-state index is -2.05. The van der Waals surface area contributed by atoms with Crippen molar-refractivity contribution in [1.82, 2.24) is 4.98 Å². The molecule has 118 valence electrons. The van der Waals surface area contributed by atoms with Gasteiger partial charge in [0.15, 0.2) is 5.58 Å². The van der Waals surface area contributed by atoms with Gasteiger partial charge in [-0.2, -0.15) is 4.98 Å². The smallest absolute Gasteiger partial charge is 0.398 e. The van der Waals surface area contributed by atoms with Gasteiger partial charge in [-0.15, -0.1) is 0 Å². The van der Waals surface area contributed by atoms with Crippen LogP contribution in [0.5, 0.6) is 11.8 Å². The fourth-order valence-electron chi connectivity index (χ4n) is 1.91. The number of ether oxygens (including phenoxy) is 2. The largest absolute Gasteiger partial charge is 0.475 e. The van der Waals surface area contributed by atoms with Gasteiger partial charge in [-0.25, -0.2) is 4.79 Å². The van der Waals surface area contributed by atoms with Crippen LogP contribution >= 0.6 is 11.6 Å². The predicted octanol–water partition coefficient (Wildman–Crippen LogP) is 3.74. The molecule has 0 aliphatic carbocycles. The molecular weight excluding hydrogens is 322 g/mol. The fraction of sp³-hybridized carbons (Fsp3) is 0.125. The predicted molar refractivity (Wildman–Crippen MR) is 82.8 cm³/mol. The zero-order valence-electron chi connectivity index (χ0n) is 12.0. The number of aliphatic carboxylic acids is 1. The lowest BCUT2D eigenvalue weighted by molar-refractivity contribution is -0.184. The number of carbonyl (C=O) groups is 1. The lowest BCUT2D eigenvalue weighted by Crippen LogP contribution is -2.47. The van der Waals surface area contributed by atoms with Crippen LogP contribution in [0.15, 0.2) is 52.9 Å². The summed E-state index contributed by atoms with van der Waals surface area (Å²) in [6.45, 7) is 1.24. The van der Waals surface area contributed by atoms with E-state index in [-0.39, 0.29) is 16.8 Å². The Morgan fingerprint density at radius 3 is 2.57 bits per heavy atom. The van der Waals surface area contributed by atoms with Crippen LogP contribution in [0.3, 0.4) is 0 Å². The molecule has 23 heavy (non-hydrogen) atoms. The number of hydrogen-bond acceptors (Lipinski definition) is 5. The van der Waals surface area contributed by atoms with Gasteiger partial charge in [-0.05, 0) is 24.3 Å². The molecule has 6 nitrogen and oxygen atoms in total. The van der Waals surface area contributed by atoms with Crippen LogP contribution in [0, 0.1) is 0 Å². The minimum absolute atomic E-state index is 0.176. The monoisotopic (exact) mass is 333 g/mol. The highest BCUT2D eigenvalue weighted by atomic mass is 35.5. The van der Waals surface area contributed by atoms with E-state index < -0.39 is 11.8 Å². The van der Waals surface area contributed by atoms with Gasteiger partial charge in [0.25, 0.3) is 0 Å². The summed E-state index contributed by atoms with van der Waals surface area (Å²) in [5.74, 6) is -3.22. The Hall–Kier alpha value is -2.73. The topological polar surface area (TPSA) is 81.8 Å². The standard InChI is InChI=1S/C16H12ClNO5/c1-16(14(19)20,22-12-8-4-2-6-10(12)17)23-15-18-11-7-3-5-9-13(11)21-15/h2-9H,1H3,(H,19,20). The van der Waals surface area contributed by atoms with E-state index >= 15 is 0 Å². The normalized spacial score (nSPS) is 13.5. The molecule has 1 unspecified atom stereocenters. The quantitative estimate of drug-likeness (QED) is 0.716. The number of halogens is 1. The molecule has 1 atom stereocenters. The highest BCUT2D eigenvalue weighted by molar-refractivity contribution is 6.32. The second kappa shape index (κ2) is 5.81. The Bertz CT molecular complexity index is 829. The van der Waals surface area contributed by atoms with Crippen molar-refractivity contribution >= 4 is 28.7 Å². The third-order valence-corrected chi connectivity index (χ3v) is 3.40. The zero-order chi connectivity index (χ0) is 16.4. The molecule has 1 aromatic heterocycles. The highest BCUT2D eigenvalue weighted by Crippen LogP contribution is 2.30. The van der Waals surface area contributed by atoms with Gasteiger partial charge < -0.3 is 19.0 Å². The number of carboxylic acids is 1. The molecule has 0 spiro atoms. The third-order valence-electron chi connectivity index (χ3n) is 3.09. The number of benzene rings is 2. The Balaban J connectivity index is 1.91. The van der Waals surface area contributed by atoms with Gasteiger partial charge in [0, 0.05) is 6.92 Å². The van der Waals surface area contributed by atoms with Crippen molar-refractivity contribution in [3.63, 3.8) is 0 Å². The average Bonchev–Trinajstić information content (AvgIpc) is 2.91. The lowest BCUT2D eigenvalue weighted by atomic mass is 10.3. The maximum Gasteiger partial charge on any atom is 0.398 e. The summed E-state index contributed by atoms with van der Waals surface area (Å²) >= 11 is 5.99. The van der Waals surface area contributed by atoms with Crippen molar-refractivity contribution in [3.8, 4) is 11.8 Å². The Morgan fingerprint density at radius 1 is 1.17 bits per heavy atom. The van der Waals surface area contributed by atoms with Crippen LogP contribution in [0.25, 0.3) is 11.1 Å². The number of aromatic nitrogens is 1. The molecule has 0 amide bonds. The van der Waals surface area contributed by atoms with Crippen molar-refractivity contribution in [1.29, 1.82) is 0 Å². The molecule has 0 aliphatic heterocycles. The number of carboxylic acid groups (broad SMARTS) is 1. The zero-order valence-corrected chi connectivity index (χ0v) is 12.8. The molecule has 1 N–H and O–H groups in total. The number of oxazole rings is 1. The second-order valence-electron chi connectivity index (χ2n) is 4.83. The number of fused-ring (bicyclic) bond motifs is 1. The van der Waals surface area contributed by atoms with Crippen molar-refractivity contribution in [2.24, 2.45) is 0 Å². The molecule has 3 rings (SSSR count). The molecule has 0 radical (unpaired) electrons. The van der Waals surface area contributed by atoms with E-state index in [4.69, 9.17) is 25.5 Å². The lowest BCUT2D eigenvalue weighted by Gasteiger charge is -2.25. The second-order valence-corrected chi connectivity index (χ2v) is 5.24. The maximum absolute atomic E-state index is 11.6. The molecule has 0 saturated heterocycles. The Morgan fingerprint density at radius 2 is 1.87 bits per heavy atom. The molecule has 0 fully saturated rings. The number of para-hydroxylation sites is 3. The molecular formula is C16H12ClNO5. The van der Waals surface area contributed by atoms with Gasteiger partial charge in [-0.1, -0.05) is 35.9 Å². The van der Waals surface area contributed by atoms with E-state index in [0.717, 1.165) is 0 Å². The third kappa shape index (κ3) is 3.07. The van der Waals surface area contributed by atoms with Gasteiger partial charge in [0.2, 0.25) is 0 Å². The summed E-state index contributed by atoms with van der Waals surface area (Å²) in [6.07, 6.45) is -0.205. The average molecular weight is 334 g/mol. The van der Waals surface area contributed by atoms with E-state index in [1.54, 1.807) is 48.5 Å². The first-order valence-corrected chi connectivity index (χ1v) is 7.07. The minimum Gasteiger partial charge on any atom is -0.475 e. The summed E-state index contributed by atoms with van der Waals surface area (Å²) in [6, 6.07) is 13.5. The van der Waals surface area contributed by atoms with Crippen molar-refractivity contribution < 1.29 is 23.8 Å².